The first-order chi connectivity index (χ1) is 8.90. The molecular formula is C15H18N2O2. The summed E-state index contributed by atoms with van der Waals surface area (Å²) in [4.78, 5) is 17.2. The van der Waals surface area contributed by atoms with Crippen LogP contribution in [0.25, 0.3) is 4.85 Å². The van der Waals surface area contributed by atoms with Gasteiger partial charge in [0.05, 0.1) is 6.57 Å². The summed E-state index contributed by atoms with van der Waals surface area (Å²) in [6.45, 7) is 13.9. The largest absolute Gasteiger partial charge is 0.444 e. The van der Waals surface area contributed by atoms with E-state index in [0.29, 0.717) is 18.8 Å². The van der Waals surface area contributed by atoms with E-state index in [-0.39, 0.29) is 6.09 Å². The van der Waals surface area contributed by atoms with Gasteiger partial charge in [0.2, 0.25) is 0 Å². The van der Waals surface area contributed by atoms with Gasteiger partial charge < -0.3 is 9.64 Å². The van der Waals surface area contributed by atoms with Crippen LogP contribution in [0.15, 0.2) is 18.2 Å². The van der Waals surface area contributed by atoms with E-state index in [9.17, 15) is 4.79 Å². The average Bonchev–Trinajstić information content (AvgIpc) is 2.35. The van der Waals surface area contributed by atoms with E-state index in [2.05, 4.69) is 4.85 Å². The number of carbonyl (C=O) groups is 1. The van der Waals surface area contributed by atoms with Gasteiger partial charge in [-0.2, -0.15) is 0 Å². The van der Waals surface area contributed by atoms with Crippen molar-refractivity contribution in [2.24, 2.45) is 0 Å². The van der Waals surface area contributed by atoms with Crippen LogP contribution in [0.2, 0.25) is 0 Å². The number of rotatable bonds is 0. The molecule has 1 amide bonds. The van der Waals surface area contributed by atoms with Crippen molar-refractivity contribution in [3.05, 3.63) is 40.7 Å². The highest BCUT2D eigenvalue weighted by atomic mass is 16.6. The molecule has 0 bridgehead atoms. The summed E-state index contributed by atoms with van der Waals surface area (Å²) in [5.74, 6) is 0. The molecule has 0 aliphatic carbocycles. The molecule has 4 heteroatoms. The van der Waals surface area contributed by atoms with Crippen LogP contribution in [0.1, 0.15) is 31.9 Å². The standard InChI is InChI=1S/C15H18N2O2/c1-15(2,3)19-14(18)17-9-8-11-6-5-7-13(16-4)12(11)10-17/h5-7H,8-10H2,1-3H3. The number of carbonyl (C=O) groups excluding carboxylic acids is 1. The highest BCUT2D eigenvalue weighted by Crippen LogP contribution is 2.29. The molecule has 2 rings (SSSR count). The van der Waals surface area contributed by atoms with Crippen molar-refractivity contribution in [2.75, 3.05) is 6.54 Å². The summed E-state index contributed by atoms with van der Waals surface area (Å²) >= 11 is 0. The summed E-state index contributed by atoms with van der Waals surface area (Å²) in [6, 6.07) is 5.72. The van der Waals surface area contributed by atoms with Gasteiger partial charge >= 0.3 is 6.09 Å². The van der Waals surface area contributed by atoms with Crippen molar-refractivity contribution in [2.45, 2.75) is 39.3 Å². The number of benzene rings is 1. The Balaban J connectivity index is 2.18. The quantitative estimate of drug-likeness (QED) is 0.667. The number of nitrogens with zero attached hydrogens (tertiary/aromatic N) is 2. The van der Waals surface area contributed by atoms with E-state index in [1.165, 1.54) is 0 Å². The van der Waals surface area contributed by atoms with Gasteiger partial charge in [0, 0.05) is 13.1 Å². The molecule has 1 aliphatic rings. The van der Waals surface area contributed by atoms with Gasteiger partial charge in [0.15, 0.2) is 5.69 Å². The minimum atomic E-state index is -0.489. The summed E-state index contributed by atoms with van der Waals surface area (Å²) in [5, 5.41) is 0. The highest BCUT2D eigenvalue weighted by Gasteiger charge is 2.26. The van der Waals surface area contributed by atoms with Crippen LogP contribution in [-0.4, -0.2) is 23.1 Å². The Kier molecular flexibility index (Phi) is 3.48. The first-order valence-electron chi connectivity index (χ1n) is 6.37. The lowest BCUT2D eigenvalue weighted by Crippen LogP contribution is -2.39. The van der Waals surface area contributed by atoms with Gasteiger partial charge in [-0.15, -0.1) is 0 Å². The molecule has 4 nitrogen and oxygen atoms in total. The van der Waals surface area contributed by atoms with Crippen LogP contribution < -0.4 is 0 Å². The number of amides is 1. The topological polar surface area (TPSA) is 33.9 Å². The van der Waals surface area contributed by atoms with E-state index >= 15 is 0 Å². The van der Waals surface area contributed by atoms with Gasteiger partial charge in [-0.25, -0.2) is 9.64 Å². The van der Waals surface area contributed by atoms with E-state index in [4.69, 9.17) is 11.3 Å². The van der Waals surface area contributed by atoms with Gasteiger partial charge in [-0.05, 0) is 32.8 Å². The molecule has 0 fully saturated rings. The molecular weight excluding hydrogens is 240 g/mol. The third kappa shape index (κ3) is 3.05. The molecule has 1 heterocycles. The fourth-order valence-electron chi connectivity index (χ4n) is 2.15. The Hall–Kier alpha value is -2.02. The van der Waals surface area contributed by atoms with Crippen molar-refractivity contribution >= 4 is 11.8 Å². The fraction of sp³-hybridized carbons (Fsp3) is 0.467. The molecule has 1 aliphatic heterocycles. The molecule has 1 aromatic rings. The van der Waals surface area contributed by atoms with Gasteiger partial charge in [-0.3, -0.25) is 0 Å². The van der Waals surface area contributed by atoms with Crippen molar-refractivity contribution < 1.29 is 9.53 Å². The molecule has 0 radical (unpaired) electrons. The molecule has 100 valence electrons. The number of hydrogen-bond donors (Lipinski definition) is 0. The second-order valence-corrected chi connectivity index (χ2v) is 5.68. The SMILES string of the molecule is [C-]#[N+]c1cccc2c1CN(C(=O)OC(C)(C)C)CC2. The Morgan fingerprint density at radius 3 is 2.79 bits per heavy atom. The lowest BCUT2D eigenvalue weighted by atomic mass is 9.98. The van der Waals surface area contributed by atoms with Crippen molar-refractivity contribution in [3.63, 3.8) is 0 Å². The second-order valence-electron chi connectivity index (χ2n) is 5.68. The van der Waals surface area contributed by atoms with E-state index < -0.39 is 5.60 Å². The zero-order valence-electron chi connectivity index (χ0n) is 11.6. The van der Waals surface area contributed by atoms with Crippen LogP contribution in [-0.2, 0) is 17.7 Å². The number of fused-ring (bicyclic) bond motifs is 1. The summed E-state index contributed by atoms with van der Waals surface area (Å²) in [7, 11) is 0. The Bertz CT molecular complexity index is 538. The maximum atomic E-state index is 12.0. The zero-order valence-corrected chi connectivity index (χ0v) is 11.6. The minimum absolute atomic E-state index is 0.307. The maximum absolute atomic E-state index is 12.0. The highest BCUT2D eigenvalue weighted by molar-refractivity contribution is 5.70. The molecule has 0 N–H and O–H groups in total. The van der Waals surface area contributed by atoms with Gasteiger partial charge in [0.25, 0.3) is 0 Å². The van der Waals surface area contributed by atoms with Crippen LogP contribution in [0.3, 0.4) is 0 Å². The third-order valence-electron chi connectivity index (χ3n) is 3.02. The van der Waals surface area contributed by atoms with Crippen LogP contribution in [0.4, 0.5) is 10.5 Å². The first kappa shape index (κ1) is 13.4. The monoisotopic (exact) mass is 258 g/mol. The predicted molar refractivity (Wildman–Crippen MR) is 73.1 cm³/mol. The van der Waals surface area contributed by atoms with Crippen molar-refractivity contribution in [1.82, 2.24) is 4.90 Å². The fourth-order valence-corrected chi connectivity index (χ4v) is 2.15. The summed E-state index contributed by atoms with van der Waals surface area (Å²) < 4.78 is 5.38. The normalized spacial score (nSPS) is 14.5. The lowest BCUT2D eigenvalue weighted by molar-refractivity contribution is 0.0224. The molecule has 0 unspecified atom stereocenters. The maximum Gasteiger partial charge on any atom is 0.410 e. The van der Waals surface area contributed by atoms with Crippen molar-refractivity contribution in [1.29, 1.82) is 0 Å². The van der Waals surface area contributed by atoms with E-state index in [1.807, 2.05) is 32.9 Å². The lowest BCUT2D eigenvalue weighted by Gasteiger charge is -2.31. The predicted octanol–water partition coefficient (Wildman–Crippen LogP) is 3.53. The Morgan fingerprint density at radius 2 is 2.16 bits per heavy atom. The van der Waals surface area contributed by atoms with E-state index in [0.717, 1.165) is 17.5 Å². The number of ether oxygens (including phenoxy) is 1. The molecule has 1 aromatic carbocycles. The molecule has 0 aromatic heterocycles. The minimum Gasteiger partial charge on any atom is -0.444 e. The Morgan fingerprint density at radius 1 is 1.42 bits per heavy atom. The summed E-state index contributed by atoms with van der Waals surface area (Å²) in [5.41, 5.74) is 2.25. The average molecular weight is 258 g/mol. The van der Waals surface area contributed by atoms with Gasteiger partial charge in [-0.1, -0.05) is 23.8 Å². The summed E-state index contributed by atoms with van der Waals surface area (Å²) in [6.07, 6.45) is 0.468. The van der Waals surface area contributed by atoms with E-state index in [1.54, 1.807) is 11.0 Å². The first-order valence-corrected chi connectivity index (χ1v) is 6.37. The molecule has 0 spiro atoms. The zero-order chi connectivity index (χ0) is 14.0. The molecule has 0 saturated carbocycles. The second kappa shape index (κ2) is 4.93. The molecule has 0 saturated heterocycles. The van der Waals surface area contributed by atoms with Crippen LogP contribution >= 0.6 is 0 Å². The number of hydrogen-bond acceptors (Lipinski definition) is 2. The molecule has 19 heavy (non-hydrogen) atoms. The van der Waals surface area contributed by atoms with Crippen LogP contribution in [0.5, 0.6) is 0 Å². The smallest absolute Gasteiger partial charge is 0.410 e. The van der Waals surface area contributed by atoms with Crippen molar-refractivity contribution in [3.8, 4) is 0 Å². The Labute approximate surface area is 113 Å². The van der Waals surface area contributed by atoms with Gasteiger partial charge in [0.1, 0.15) is 5.60 Å². The third-order valence-corrected chi connectivity index (χ3v) is 3.02. The van der Waals surface area contributed by atoms with Crippen LogP contribution in [0, 0.1) is 6.57 Å². The molecule has 0 atom stereocenters.